The van der Waals surface area contributed by atoms with Crippen LogP contribution in [0.4, 0.5) is 0 Å². The van der Waals surface area contributed by atoms with Crippen LogP contribution in [-0.4, -0.2) is 13.6 Å². The number of hydrogen-bond acceptors (Lipinski definition) is 5. The first-order chi connectivity index (χ1) is 7.38. The van der Waals surface area contributed by atoms with Crippen LogP contribution >= 0.6 is 22.0 Å². The lowest BCUT2D eigenvalue weighted by atomic mass is 10.3. The first-order valence-corrected chi connectivity index (χ1v) is 7.49. The van der Waals surface area contributed by atoms with Crippen molar-refractivity contribution in [3.8, 4) is 10.6 Å². The van der Waals surface area contributed by atoms with E-state index < -0.39 is 9.05 Å². The number of aryl methyl sites for hydroxylation is 2. The number of halogens is 1. The van der Waals surface area contributed by atoms with Crippen LogP contribution in [0.5, 0.6) is 0 Å². The molecule has 86 valence electrons. The first kappa shape index (κ1) is 11.6. The van der Waals surface area contributed by atoms with Crippen molar-refractivity contribution in [3.05, 3.63) is 22.7 Å². The summed E-state index contributed by atoms with van der Waals surface area (Å²) in [5.74, 6) is 0.553. The summed E-state index contributed by atoms with van der Waals surface area (Å²) in [6, 6.07) is 3.25. The van der Waals surface area contributed by atoms with Gasteiger partial charge < -0.3 is 4.52 Å². The third-order valence-electron chi connectivity index (χ3n) is 2.01. The molecule has 0 spiro atoms. The highest BCUT2D eigenvalue weighted by Crippen LogP contribution is 2.35. The predicted octanol–water partition coefficient (Wildman–Crippen LogP) is 2.95. The zero-order chi connectivity index (χ0) is 11.9. The summed E-state index contributed by atoms with van der Waals surface area (Å²) in [7, 11) is 1.61. The quantitative estimate of drug-likeness (QED) is 0.792. The Hall–Kier alpha value is -0.850. The molecule has 0 aliphatic carbocycles. The van der Waals surface area contributed by atoms with E-state index in [9.17, 15) is 8.42 Å². The molecule has 2 heterocycles. The van der Waals surface area contributed by atoms with Crippen LogP contribution in [0, 0.1) is 13.8 Å². The van der Waals surface area contributed by atoms with Crippen molar-refractivity contribution >= 4 is 31.1 Å². The van der Waals surface area contributed by atoms with Crippen molar-refractivity contribution in [2.75, 3.05) is 0 Å². The summed E-state index contributed by atoms with van der Waals surface area (Å²) in [6.07, 6.45) is 0. The molecule has 0 saturated carbocycles. The summed E-state index contributed by atoms with van der Waals surface area (Å²) in [5, 5.41) is 3.74. The molecule has 0 atom stereocenters. The Bertz CT molecular complexity index is 627. The van der Waals surface area contributed by atoms with E-state index in [2.05, 4.69) is 5.16 Å². The minimum absolute atomic E-state index is 0.128. The third-order valence-corrected chi connectivity index (χ3v) is 4.65. The number of thiophene rings is 1. The molecule has 0 N–H and O–H groups in total. The van der Waals surface area contributed by atoms with Crippen LogP contribution in [0.1, 0.15) is 10.6 Å². The summed E-state index contributed by atoms with van der Waals surface area (Å²) in [4.78, 5) is 1.47. The van der Waals surface area contributed by atoms with Gasteiger partial charge in [-0.05, 0) is 19.9 Å². The Balaban J connectivity index is 2.54. The maximum atomic E-state index is 11.2. The van der Waals surface area contributed by atoms with Gasteiger partial charge in [0.25, 0.3) is 9.05 Å². The van der Waals surface area contributed by atoms with Gasteiger partial charge >= 0.3 is 0 Å². The Labute approximate surface area is 101 Å². The molecule has 2 aromatic heterocycles. The molecule has 0 unspecified atom stereocenters. The average Bonchev–Trinajstić information content (AvgIpc) is 2.70. The zero-order valence-corrected chi connectivity index (χ0v) is 10.9. The van der Waals surface area contributed by atoms with Gasteiger partial charge in [-0.25, -0.2) is 8.42 Å². The third kappa shape index (κ3) is 2.14. The fraction of sp³-hybridized carbons (Fsp3) is 0.222. The van der Waals surface area contributed by atoms with E-state index in [-0.39, 0.29) is 4.90 Å². The summed E-state index contributed by atoms with van der Waals surface area (Å²) in [5.41, 5.74) is 0.747. The second-order valence-electron chi connectivity index (χ2n) is 3.30. The van der Waals surface area contributed by atoms with Gasteiger partial charge in [0.2, 0.25) is 0 Å². The molecular weight excluding hydrogens is 270 g/mol. The van der Waals surface area contributed by atoms with E-state index in [1.165, 1.54) is 17.4 Å². The van der Waals surface area contributed by atoms with Gasteiger partial charge in [0.05, 0.1) is 15.5 Å². The fourth-order valence-corrected chi connectivity index (χ4v) is 3.92. The Morgan fingerprint density at radius 3 is 2.50 bits per heavy atom. The lowest BCUT2D eigenvalue weighted by molar-refractivity contribution is 0.428. The molecule has 2 rings (SSSR count). The normalized spacial score (nSPS) is 11.9. The van der Waals surface area contributed by atoms with E-state index in [0.29, 0.717) is 15.5 Å². The van der Waals surface area contributed by atoms with Crippen molar-refractivity contribution < 1.29 is 12.9 Å². The van der Waals surface area contributed by atoms with Crippen LogP contribution in [0.25, 0.3) is 10.6 Å². The number of hydrogen-bond donors (Lipinski definition) is 0. The molecule has 0 aliphatic rings. The number of aromatic nitrogens is 1. The van der Waals surface area contributed by atoms with Gasteiger partial charge in [0, 0.05) is 21.6 Å². The van der Waals surface area contributed by atoms with Crippen LogP contribution in [0.15, 0.2) is 21.6 Å². The molecule has 2 aromatic rings. The minimum atomic E-state index is -3.69. The molecule has 0 bridgehead atoms. The highest BCUT2D eigenvalue weighted by atomic mass is 35.7. The Morgan fingerprint density at radius 1 is 1.38 bits per heavy atom. The van der Waals surface area contributed by atoms with Crippen LogP contribution in [-0.2, 0) is 9.05 Å². The molecule has 0 saturated heterocycles. The largest absolute Gasteiger partial charge is 0.355 e. The fourth-order valence-electron chi connectivity index (χ4n) is 1.31. The lowest BCUT2D eigenvalue weighted by Gasteiger charge is -1.89. The molecule has 4 nitrogen and oxygen atoms in total. The summed E-state index contributed by atoms with van der Waals surface area (Å²) in [6.45, 7) is 3.50. The molecular formula is C9H8ClNO3S2. The van der Waals surface area contributed by atoms with Gasteiger partial charge in [-0.15, -0.1) is 11.3 Å². The predicted molar refractivity (Wildman–Crippen MR) is 62.3 cm³/mol. The molecule has 16 heavy (non-hydrogen) atoms. The first-order valence-electron chi connectivity index (χ1n) is 4.37. The van der Waals surface area contributed by atoms with Crippen molar-refractivity contribution in [3.63, 3.8) is 0 Å². The molecule has 0 aliphatic heterocycles. The van der Waals surface area contributed by atoms with Gasteiger partial charge in [0.15, 0.2) is 5.76 Å². The summed E-state index contributed by atoms with van der Waals surface area (Å²) >= 11 is 1.31. The van der Waals surface area contributed by atoms with Crippen molar-refractivity contribution in [2.45, 2.75) is 18.7 Å². The second-order valence-corrected chi connectivity index (χ2v) is 7.09. The molecule has 0 fully saturated rings. The highest BCUT2D eigenvalue weighted by molar-refractivity contribution is 8.13. The number of rotatable bonds is 2. The Morgan fingerprint density at radius 2 is 2.06 bits per heavy atom. The molecule has 0 radical (unpaired) electrons. The molecule has 0 aromatic carbocycles. The monoisotopic (exact) mass is 277 g/mol. The van der Waals surface area contributed by atoms with Crippen molar-refractivity contribution in [1.82, 2.24) is 5.16 Å². The van der Waals surface area contributed by atoms with Crippen LogP contribution < -0.4 is 0 Å². The standard InChI is InChI=1S/C9H8ClNO3S2/c1-5-3-7(14-11-5)8-4-9(6(2)15-8)16(10,12)13/h3-4H,1-2H3. The van der Waals surface area contributed by atoms with Crippen LogP contribution in [0.2, 0.25) is 0 Å². The Kier molecular flexibility index (Phi) is 2.81. The SMILES string of the molecule is Cc1cc(-c2cc(S(=O)(=O)Cl)c(C)s2)on1. The van der Waals surface area contributed by atoms with Gasteiger partial charge in [-0.3, -0.25) is 0 Å². The van der Waals surface area contributed by atoms with Gasteiger partial charge in [0.1, 0.15) is 0 Å². The van der Waals surface area contributed by atoms with E-state index in [4.69, 9.17) is 15.2 Å². The molecule has 7 heteroatoms. The zero-order valence-electron chi connectivity index (χ0n) is 8.52. The van der Waals surface area contributed by atoms with E-state index in [1.54, 1.807) is 19.9 Å². The van der Waals surface area contributed by atoms with E-state index >= 15 is 0 Å². The summed E-state index contributed by atoms with van der Waals surface area (Å²) < 4.78 is 27.5. The maximum Gasteiger partial charge on any atom is 0.262 e. The average molecular weight is 278 g/mol. The van der Waals surface area contributed by atoms with Gasteiger partial charge in [-0.1, -0.05) is 5.16 Å². The van der Waals surface area contributed by atoms with E-state index in [1.807, 2.05) is 0 Å². The number of nitrogens with zero attached hydrogens (tertiary/aromatic N) is 1. The van der Waals surface area contributed by atoms with Crippen molar-refractivity contribution in [2.24, 2.45) is 0 Å². The second kappa shape index (κ2) is 3.87. The topological polar surface area (TPSA) is 60.2 Å². The smallest absolute Gasteiger partial charge is 0.262 e. The highest BCUT2D eigenvalue weighted by Gasteiger charge is 2.19. The maximum absolute atomic E-state index is 11.2. The van der Waals surface area contributed by atoms with E-state index in [0.717, 1.165) is 5.69 Å². The molecule has 0 amide bonds. The van der Waals surface area contributed by atoms with Crippen LogP contribution in [0.3, 0.4) is 0 Å². The minimum Gasteiger partial charge on any atom is -0.355 e. The lowest BCUT2D eigenvalue weighted by Crippen LogP contribution is -1.88. The van der Waals surface area contributed by atoms with Crippen molar-refractivity contribution in [1.29, 1.82) is 0 Å². The van der Waals surface area contributed by atoms with Gasteiger partial charge in [-0.2, -0.15) is 0 Å².